The molecule has 4 nitrogen and oxygen atoms in total. The smallest absolute Gasteiger partial charge is 0.293 e. The van der Waals surface area contributed by atoms with Crippen molar-refractivity contribution < 1.29 is 9.53 Å². The predicted molar refractivity (Wildman–Crippen MR) is 59.7 cm³/mol. The van der Waals surface area contributed by atoms with Crippen LogP contribution in [0.3, 0.4) is 0 Å². The van der Waals surface area contributed by atoms with Gasteiger partial charge in [-0.25, -0.2) is 0 Å². The van der Waals surface area contributed by atoms with Crippen molar-refractivity contribution in [3.8, 4) is 0 Å². The van der Waals surface area contributed by atoms with Gasteiger partial charge in [0.2, 0.25) is 0 Å². The minimum absolute atomic E-state index is 0.494. The first-order chi connectivity index (χ1) is 7.24. The van der Waals surface area contributed by atoms with Crippen molar-refractivity contribution in [3.63, 3.8) is 0 Å². The second-order valence-corrected chi connectivity index (χ2v) is 4.35. The lowest BCUT2D eigenvalue weighted by Gasteiger charge is -2.28. The molecule has 1 atom stereocenters. The van der Waals surface area contributed by atoms with Gasteiger partial charge in [-0.15, -0.1) is 0 Å². The third-order valence-corrected chi connectivity index (χ3v) is 2.91. The molecule has 0 aromatic rings. The number of nitrogens with one attached hydrogen (secondary N) is 1. The van der Waals surface area contributed by atoms with Crippen LogP contribution in [0.4, 0.5) is 0 Å². The van der Waals surface area contributed by atoms with Gasteiger partial charge in [-0.1, -0.05) is 0 Å². The maximum Gasteiger partial charge on any atom is 0.293 e. The molecule has 1 N–H and O–H groups in total. The van der Waals surface area contributed by atoms with Gasteiger partial charge >= 0.3 is 0 Å². The molecule has 1 aliphatic heterocycles. The van der Waals surface area contributed by atoms with E-state index >= 15 is 0 Å². The van der Waals surface area contributed by atoms with Crippen molar-refractivity contribution in [2.75, 3.05) is 26.2 Å². The highest BCUT2D eigenvalue weighted by molar-refractivity contribution is 5.36. The molecule has 4 heteroatoms. The molecule has 0 amide bonds. The molecule has 1 unspecified atom stereocenters. The zero-order valence-electron chi connectivity index (χ0n) is 9.74. The zero-order chi connectivity index (χ0) is 11.1. The van der Waals surface area contributed by atoms with Crippen LogP contribution in [0.5, 0.6) is 0 Å². The highest BCUT2D eigenvalue weighted by Crippen LogP contribution is 2.08. The van der Waals surface area contributed by atoms with Crippen LogP contribution in [0.1, 0.15) is 26.7 Å². The first-order valence-corrected chi connectivity index (χ1v) is 5.76. The van der Waals surface area contributed by atoms with E-state index in [9.17, 15) is 4.79 Å². The van der Waals surface area contributed by atoms with Gasteiger partial charge in [-0.2, -0.15) is 0 Å². The fourth-order valence-corrected chi connectivity index (χ4v) is 1.97. The van der Waals surface area contributed by atoms with Gasteiger partial charge in [0.05, 0.1) is 0 Å². The van der Waals surface area contributed by atoms with E-state index in [1.807, 2.05) is 0 Å². The van der Waals surface area contributed by atoms with Crippen LogP contribution in [0.15, 0.2) is 0 Å². The largest absolute Gasteiger partial charge is 0.467 e. The molecule has 0 aromatic heterocycles. The van der Waals surface area contributed by atoms with Crippen LogP contribution in [0, 0.1) is 0 Å². The molecule has 0 saturated carbocycles. The van der Waals surface area contributed by atoms with Crippen LogP contribution < -0.4 is 5.32 Å². The summed E-state index contributed by atoms with van der Waals surface area (Å²) in [6, 6.07) is 1.12. The molecule has 0 spiro atoms. The summed E-state index contributed by atoms with van der Waals surface area (Å²) in [4.78, 5) is 12.4. The van der Waals surface area contributed by atoms with Crippen LogP contribution in [0.25, 0.3) is 0 Å². The normalized spacial score (nSPS) is 21.2. The fourth-order valence-electron chi connectivity index (χ4n) is 1.97. The molecule has 0 aromatic carbocycles. The van der Waals surface area contributed by atoms with E-state index in [0.717, 1.165) is 19.6 Å². The Morgan fingerprint density at radius 3 is 2.93 bits per heavy atom. The second kappa shape index (κ2) is 6.80. The lowest BCUT2D eigenvalue weighted by molar-refractivity contribution is -0.129. The standard InChI is InChI=1S/C11H22N2O2/c1-10(2)13(6-7-15-9-14)8-11-4-3-5-12-11/h9-12H,3-8H2,1-2H3. The van der Waals surface area contributed by atoms with Gasteiger partial charge in [0.15, 0.2) is 0 Å². The highest BCUT2D eigenvalue weighted by Gasteiger charge is 2.19. The highest BCUT2D eigenvalue weighted by atomic mass is 16.5. The summed E-state index contributed by atoms with van der Waals surface area (Å²) >= 11 is 0. The van der Waals surface area contributed by atoms with Gasteiger partial charge < -0.3 is 10.1 Å². The minimum atomic E-state index is 0.494. The number of hydrogen-bond donors (Lipinski definition) is 1. The van der Waals surface area contributed by atoms with Crippen molar-refractivity contribution in [3.05, 3.63) is 0 Å². The molecule has 1 saturated heterocycles. The maximum absolute atomic E-state index is 10.0. The number of hydrogen-bond acceptors (Lipinski definition) is 4. The summed E-state index contributed by atoms with van der Waals surface area (Å²) in [6.45, 7) is 8.39. The lowest BCUT2D eigenvalue weighted by Crippen LogP contribution is -2.42. The average molecular weight is 214 g/mol. The summed E-state index contributed by atoms with van der Waals surface area (Å²) in [5.41, 5.74) is 0. The zero-order valence-corrected chi connectivity index (χ0v) is 9.74. The van der Waals surface area contributed by atoms with Crippen LogP contribution >= 0.6 is 0 Å². The topological polar surface area (TPSA) is 41.6 Å². The number of rotatable bonds is 7. The summed E-state index contributed by atoms with van der Waals surface area (Å²) in [5.74, 6) is 0. The van der Waals surface area contributed by atoms with Crippen molar-refractivity contribution in [1.82, 2.24) is 10.2 Å². The Hall–Kier alpha value is -0.610. The minimum Gasteiger partial charge on any atom is -0.467 e. The molecule has 1 aliphatic rings. The molecule has 1 fully saturated rings. The summed E-state index contributed by atoms with van der Waals surface area (Å²) in [7, 11) is 0. The summed E-state index contributed by atoms with van der Waals surface area (Å²) in [5, 5.41) is 3.48. The summed E-state index contributed by atoms with van der Waals surface area (Å²) in [6.07, 6.45) is 2.54. The Morgan fingerprint density at radius 2 is 2.40 bits per heavy atom. The van der Waals surface area contributed by atoms with E-state index in [-0.39, 0.29) is 0 Å². The molecular formula is C11H22N2O2. The maximum atomic E-state index is 10.0. The monoisotopic (exact) mass is 214 g/mol. The molecule has 0 bridgehead atoms. The Morgan fingerprint density at radius 1 is 1.60 bits per heavy atom. The van der Waals surface area contributed by atoms with Gasteiger partial charge in [-0.05, 0) is 33.2 Å². The Balaban J connectivity index is 2.25. The first kappa shape index (κ1) is 12.5. The molecular weight excluding hydrogens is 192 g/mol. The van der Waals surface area contributed by atoms with E-state index in [2.05, 4.69) is 24.1 Å². The Bertz CT molecular complexity index is 179. The van der Waals surface area contributed by atoms with E-state index < -0.39 is 0 Å². The van der Waals surface area contributed by atoms with Crippen molar-refractivity contribution in [2.45, 2.75) is 38.8 Å². The summed E-state index contributed by atoms with van der Waals surface area (Å²) < 4.78 is 4.74. The molecule has 1 heterocycles. The average Bonchev–Trinajstić information content (AvgIpc) is 2.69. The number of carbonyl (C=O) groups excluding carboxylic acids is 1. The Labute approximate surface area is 92.0 Å². The fraction of sp³-hybridized carbons (Fsp3) is 0.909. The third-order valence-electron chi connectivity index (χ3n) is 2.91. The first-order valence-electron chi connectivity index (χ1n) is 5.76. The molecule has 0 radical (unpaired) electrons. The van der Waals surface area contributed by atoms with Crippen LogP contribution in [-0.4, -0.2) is 49.7 Å². The van der Waals surface area contributed by atoms with Gasteiger partial charge in [0.25, 0.3) is 6.47 Å². The van der Waals surface area contributed by atoms with Crippen LogP contribution in [0.2, 0.25) is 0 Å². The van der Waals surface area contributed by atoms with Gasteiger partial charge in [0, 0.05) is 25.2 Å². The SMILES string of the molecule is CC(C)N(CCOC=O)CC1CCCN1. The van der Waals surface area contributed by atoms with Crippen LogP contribution in [-0.2, 0) is 9.53 Å². The number of ether oxygens (including phenoxy) is 1. The van der Waals surface area contributed by atoms with Crippen molar-refractivity contribution in [1.29, 1.82) is 0 Å². The molecule has 1 rings (SSSR count). The predicted octanol–water partition coefficient (Wildman–Crippen LogP) is 0.622. The molecule has 15 heavy (non-hydrogen) atoms. The quantitative estimate of drug-likeness (QED) is 0.498. The Kier molecular flexibility index (Phi) is 5.65. The van der Waals surface area contributed by atoms with E-state index in [1.165, 1.54) is 12.8 Å². The number of carbonyl (C=O) groups is 1. The lowest BCUT2D eigenvalue weighted by atomic mass is 10.2. The van der Waals surface area contributed by atoms with E-state index in [1.54, 1.807) is 0 Å². The second-order valence-electron chi connectivity index (χ2n) is 4.35. The van der Waals surface area contributed by atoms with Gasteiger partial charge in [-0.3, -0.25) is 9.69 Å². The van der Waals surface area contributed by atoms with E-state index in [4.69, 9.17) is 4.74 Å². The van der Waals surface area contributed by atoms with Crippen molar-refractivity contribution >= 4 is 6.47 Å². The molecule has 0 aliphatic carbocycles. The third kappa shape index (κ3) is 4.62. The van der Waals surface area contributed by atoms with Gasteiger partial charge in [0.1, 0.15) is 6.61 Å². The number of nitrogens with zero attached hydrogens (tertiary/aromatic N) is 1. The van der Waals surface area contributed by atoms with Crippen molar-refractivity contribution in [2.24, 2.45) is 0 Å². The van der Waals surface area contributed by atoms with E-state index in [0.29, 0.717) is 25.2 Å². The molecule has 88 valence electrons.